The van der Waals surface area contributed by atoms with E-state index in [2.05, 4.69) is 16.9 Å². The van der Waals surface area contributed by atoms with E-state index in [1.165, 1.54) is 11.8 Å². The van der Waals surface area contributed by atoms with Gasteiger partial charge in [0.2, 0.25) is 15.9 Å². The summed E-state index contributed by atoms with van der Waals surface area (Å²) >= 11 is 0. The van der Waals surface area contributed by atoms with Crippen molar-refractivity contribution in [2.45, 2.75) is 31.2 Å². The Morgan fingerprint density at radius 3 is 2.53 bits per heavy atom. The molecule has 3 atom stereocenters. The van der Waals surface area contributed by atoms with E-state index >= 15 is 0 Å². The lowest BCUT2D eigenvalue weighted by Crippen LogP contribution is -2.49. The lowest BCUT2D eigenvalue weighted by molar-refractivity contribution is -0.133. The van der Waals surface area contributed by atoms with Crippen LogP contribution in [-0.4, -0.2) is 51.7 Å². The molecule has 1 heterocycles. The second-order valence-electron chi connectivity index (χ2n) is 8.25. The summed E-state index contributed by atoms with van der Waals surface area (Å²) in [5.74, 6) is 1.09. The number of carbonyl (C=O) groups excluding carboxylic acids is 1. The summed E-state index contributed by atoms with van der Waals surface area (Å²) in [6.45, 7) is 1.14. The lowest BCUT2D eigenvalue weighted by Gasteiger charge is -2.33. The second kappa shape index (κ2) is 8.40. The first-order valence-corrected chi connectivity index (χ1v) is 12.2. The molecular weight excluding hydrogens is 400 g/mol. The van der Waals surface area contributed by atoms with Crippen LogP contribution in [-0.2, 0) is 14.8 Å². The molecule has 3 unspecified atom stereocenters. The Kier molecular flexibility index (Phi) is 5.84. The third-order valence-corrected chi connectivity index (χ3v) is 6.74. The molecule has 2 aromatic carbocycles. The summed E-state index contributed by atoms with van der Waals surface area (Å²) in [5, 5.41) is 0. The molecule has 30 heavy (non-hydrogen) atoms. The number of benzene rings is 2. The summed E-state index contributed by atoms with van der Waals surface area (Å²) in [4.78, 5) is 15.0. The van der Waals surface area contributed by atoms with Crippen LogP contribution >= 0.6 is 0 Å². The zero-order valence-electron chi connectivity index (χ0n) is 17.4. The number of likely N-dealkylation sites (tertiary alicyclic amines) is 1. The van der Waals surface area contributed by atoms with Crippen LogP contribution in [0.4, 0.5) is 0 Å². The molecule has 160 valence electrons. The maximum absolute atomic E-state index is 13.2. The fourth-order valence-electron chi connectivity index (χ4n) is 4.56. The van der Waals surface area contributed by atoms with Crippen molar-refractivity contribution in [2.75, 3.05) is 26.5 Å². The van der Waals surface area contributed by atoms with Crippen LogP contribution < -0.4 is 9.46 Å². The first kappa shape index (κ1) is 20.9. The Hall–Kier alpha value is -2.38. The number of sulfonamides is 1. The number of ether oxygens (including phenoxy) is 1. The molecule has 7 heteroatoms. The maximum Gasteiger partial charge on any atom is 0.226 e. The van der Waals surface area contributed by atoms with Crippen LogP contribution in [0.5, 0.6) is 5.75 Å². The second-order valence-corrected chi connectivity index (χ2v) is 10.0. The largest absolute Gasteiger partial charge is 0.496 e. The Balaban J connectivity index is 1.51. The highest BCUT2D eigenvalue weighted by Crippen LogP contribution is 2.52. The number of para-hydroxylation sites is 1. The van der Waals surface area contributed by atoms with Gasteiger partial charge in [-0.2, -0.15) is 0 Å². The summed E-state index contributed by atoms with van der Waals surface area (Å²) in [5.41, 5.74) is 3.30. The van der Waals surface area contributed by atoms with Crippen LogP contribution in [0.2, 0.25) is 0 Å². The standard InChI is InChI=1S/C23H28N2O4S/c1-29-22-12-6-5-11-19(22)17-9-3-4-10-18(17)20-14-21(20)23(26)25-13-7-8-16(15-25)24-30(2,27)28/h3-6,9-12,16,20-21,24H,7-8,13-15H2,1-2H3. The molecule has 0 radical (unpaired) electrons. The topological polar surface area (TPSA) is 75.7 Å². The molecule has 2 aromatic rings. The normalized spacial score (nSPS) is 23.8. The van der Waals surface area contributed by atoms with Gasteiger partial charge in [0.25, 0.3) is 0 Å². The van der Waals surface area contributed by atoms with Gasteiger partial charge in [-0.05, 0) is 42.4 Å². The predicted molar refractivity (Wildman–Crippen MR) is 117 cm³/mol. The van der Waals surface area contributed by atoms with Crippen molar-refractivity contribution < 1.29 is 17.9 Å². The Bertz CT molecular complexity index is 1040. The zero-order chi connectivity index (χ0) is 21.3. The minimum Gasteiger partial charge on any atom is -0.496 e. The average Bonchev–Trinajstić information content (AvgIpc) is 3.53. The van der Waals surface area contributed by atoms with Crippen molar-refractivity contribution in [1.29, 1.82) is 0 Å². The van der Waals surface area contributed by atoms with Gasteiger partial charge >= 0.3 is 0 Å². The van der Waals surface area contributed by atoms with Crippen LogP contribution in [0, 0.1) is 5.92 Å². The van der Waals surface area contributed by atoms with E-state index in [-0.39, 0.29) is 23.8 Å². The zero-order valence-corrected chi connectivity index (χ0v) is 18.2. The molecule has 1 aliphatic heterocycles. The number of nitrogens with one attached hydrogen (secondary N) is 1. The van der Waals surface area contributed by atoms with Crippen LogP contribution in [0.25, 0.3) is 11.1 Å². The number of hydrogen-bond donors (Lipinski definition) is 1. The quantitative estimate of drug-likeness (QED) is 0.767. The highest BCUT2D eigenvalue weighted by atomic mass is 32.2. The molecule has 1 amide bonds. The van der Waals surface area contributed by atoms with Gasteiger partial charge in [0.1, 0.15) is 5.75 Å². The van der Waals surface area contributed by atoms with Crippen molar-refractivity contribution in [3.8, 4) is 16.9 Å². The SMILES string of the molecule is COc1ccccc1-c1ccccc1C1CC1C(=O)N1CCCC(NS(C)(=O)=O)C1. The number of piperidine rings is 1. The molecule has 0 aromatic heterocycles. The van der Waals surface area contributed by atoms with Gasteiger partial charge in [-0.3, -0.25) is 4.79 Å². The van der Waals surface area contributed by atoms with Crippen LogP contribution in [0.3, 0.4) is 0 Å². The minimum atomic E-state index is -3.27. The molecule has 2 fully saturated rings. The Morgan fingerprint density at radius 2 is 1.80 bits per heavy atom. The summed E-state index contributed by atoms with van der Waals surface area (Å²) < 4.78 is 31.3. The molecule has 1 N–H and O–H groups in total. The molecular formula is C23H28N2O4S. The number of rotatable bonds is 6. The van der Waals surface area contributed by atoms with Crippen LogP contribution in [0.15, 0.2) is 48.5 Å². The van der Waals surface area contributed by atoms with Gasteiger partial charge in [-0.1, -0.05) is 42.5 Å². The molecule has 2 aliphatic rings. The van der Waals surface area contributed by atoms with E-state index in [0.717, 1.165) is 36.1 Å². The van der Waals surface area contributed by atoms with Crippen molar-refractivity contribution in [3.05, 3.63) is 54.1 Å². The van der Waals surface area contributed by atoms with Crippen molar-refractivity contribution in [1.82, 2.24) is 9.62 Å². The van der Waals surface area contributed by atoms with E-state index in [1.807, 2.05) is 41.3 Å². The predicted octanol–water partition coefficient (Wildman–Crippen LogP) is 3.01. The first-order valence-electron chi connectivity index (χ1n) is 10.4. The average molecular weight is 429 g/mol. The van der Waals surface area contributed by atoms with Gasteiger partial charge in [-0.15, -0.1) is 0 Å². The fraction of sp³-hybridized carbons (Fsp3) is 0.435. The fourth-order valence-corrected chi connectivity index (χ4v) is 5.35. The van der Waals surface area contributed by atoms with Gasteiger partial charge in [0.05, 0.1) is 13.4 Å². The smallest absolute Gasteiger partial charge is 0.226 e. The molecule has 1 saturated heterocycles. The van der Waals surface area contributed by atoms with Crippen molar-refractivity contribution in [2.24, 2.45) is 5.92 Å². The molecule has 4 rings (SSSR count). The third kappa shape index (κ3) is 4.52. The monoisotopic (exact) mass is 428 g/mol. The number of nitrogens with zero attached hydrogens (tertiary/aromatic N) is 1. The Labute approximate surface area is 178 Å². The lowest BCUT2D eigenvalue weighted by atomic mass is 9.95. The highest BCUT2D eigenvalue weighted by molar-refractivity contribution is 7.88. The van der Waals surface area contributed by atoms with E-state index in [1.54, 1.807) is 7.11 Å². The number of carbonyl (C=O) groups is 1. The highest BCUT2D eigenvalue weighted by Gasteiger charge is 2.47. The number of amides is 1. The summed E-state index contributed by atoms with van der Waals surface area (Å²) in [7, 11) is -1.61. The van der Waals surface area contributed by atoms with Gasteiger partial charge in [-0.25, -0.2) is 13.1 Å². The minimum absolute atomic E-state index is 0.0437. The van der Waals surface area contributed by atoms with E-state index in [4.69, 9.17) is 4.74 Å². The summed E-state index contributed by atoms with van der Waals surface area (Å²) in [6, 6.07) is 15.9. The van der Waals surface area contributed by atoms with E-state index in [9.17, 15) is 13.2 Å². The third-order valence-electron chi connectivity index (χ3n) is 5.98. The molecule has 0 spiro atoms. The van der Waals surface area contributed by atoms with Crippen LogP contribution in [0.1, 0.15) is 30.7 Å². The van der Waals surface area contributed by atoms with E-state index in [0.29, 0.717) is 13.1 Å². The Morgan fingerprint density at radius 1 is 1.10 bits per heavy atom. The molecule has 1 aliphatic carbocycles. The summed E-state index contributed by atoms with van der Waals surface area (Å²) in [6.07, 6.45) is 3.57. The maximum atomic E-state index is 13.2. The number of hydrogen-bond acceptors (Lipinski definition) is 4. The van der Waals surface area contributed by atoms with Crippen molar-refractivity contribution in [3.63, 3.8) is 0 Å². The number of methoxy groups -OCH3 is 1. The van der Waals surface area contributed by atoms with Gasteiger partial charge in [0, 0.05) is 30.6 Å². The van der Waals surface area contributed by atoms with Gasteiger partial charge < -0.3 is 9.64 Å². The van der Waals surface area contributed by atoms with E-state index < -0.39 is 10.0 Å². The van der Waals surface area contributed by atoms with Crippen molar-refractivity contribution >= 4 is 15.9 Å². The van der Waals surface area contributed by atoms with Gasteiger partial charge in [0.15, 0.2) is 0 Å². The molecule has 0 bridgehead atoms. The first-order chi connectivity index (χ1) is 14.4. The molecule has 1 saturated carbocycles. The molecule has 6 nitrogen and oxygen atoms in total.